The van der Waals surface area contributed by atoms with Gasteiger partial charge in [-0.3, -0.25) is 0 Å². The summed E-state index contributed by atoms with van der Waals surface area (Å²) in [7, 11) is 0. The molecule has 0 saturated heterocycles. The van der Waals surface area contributed by atoms with Gasteiger partial charge in [0, 0.05) is 26.2 Å². The third-order valence-corrected chi connectivity index (χ3v) is 2.33. The first-order chi connectivity index (χ1) is 5.92. The summed E-state index contributed by atoms with van der Waals surface area (Å²) in [6.45, 7) is 2.19. The summed E-state index contributed by atoms with van der Waals surface area (Å²) >= 11 is 0. The van der Waals surface area contributed by atoms with Gasteiger partial charge in [-0.1, -0.05) is 42.8 Å². The van der Waals surface area contributed by atoms with Gasteiger partial charge in [-0.15, -0.1) is 12.0 Å². The van der Waals surface area contributed by atoms with Crippen LogP contribution in [0, 0.1) is 6.42 Å². The van der Waals surface area contributed by atoms with E-state index in [1.54, 1.807) is 0 Å². The van der Waals surface area contributed by atoms with Crippen LogP contribution in [0.15, 0.2) is 30.3 Å². The Balaban J connectivity index is 0.000000845. The zero-order valence-electron chi connectivity index (χ0n) is 7.83. The van der Waals surface area contributed by atoms with Crippen LogP contribution in [-0.4, -0.2) is 0 Å². The summed E-state index contributed by atoms with van der Waals surface area (Å²) in [5, 5.41) is 0. The van der Waals surface area contributed by atoms with Crippen LogP contribution in [0.5, 0.6) is 0 Å². The van der Waals surface area contributed by atoms with Crippen molar-refractivity contribution >= 4 is 6.08 Å². The molecule has 13 heavy (non-hydrogen) atoms. The molecule has 1 unspecified atom stereocenters. The average Bonchev–Trinajstić information content (AvgIpc) is 2.50. The third-order valence-electron chi connectivity index (χ3n) is 2.33. The molecule has 0 radical (unpaired) electrons. The van der Waals surface area contributed by atoms with Gasteiger partial charge in [0.05, 0.1) is 0 Å². The predicted octanol–water partition coefficient (Wildman–Crippen LogP) is 3.41. The molecule has 1 aliphatic rings. The van der Waals surface area contributed by atoms with Crippen LogP contribution >= 0.6 is 0 Å². The second kappa shape index (κ2) is 4.91. The molecule has 1 aromatic rings. The van der Waals surface area contributed by atoms with E-state index in [9.17, 15) is 0 Å². The fourth-order valence-electron chi connectivity index (χ4n) is 1.74. The van der Waals surface area contributed by atoms with E-state index in [0.29, 0.717) is 5.92 Å². The Labute approximate surface area is 99.2 Å². The van der Waals surface area contributed by atoms with Crippen LogP contribution in [0.2, 0.25) is 0 Å². The van der Waals surface area contributed by atoms with Crippen molar-refractivity contribution in [2.24, 2.45) is 0 Å². The number of rotatable bonds is 2. The second-order valence-electron chi connectivity index (χ2n) is 3.16. The number of fused-ring (bicyclic) bond motifs is 1. The Kier molecular flexibility index (Phi) is 4.12. The van der Waals surface area contributed by atoms with Crippen LogP contribution in [0.1, 0.15) is 30.4 Å². The summed E-state index contributed by atoms with van der Waals surface area (Å²) in [6.07, 6.45) is 7.98. The van der Waals surface area contributed by atoms with E-state index in [1.165, 1.54) is 11.1 Å². The second-order valence-corrected chi connectivity index (χ2v) is 3.16. The molecule has 1 aromatic carbocycles. The van der Waals surface area contributed by atoms with Crippen molar-refractivity contribution in [2.75, 3.05) is 0 Å². The maximum absolute atomic E-state index is 2.35. The number of benzene rings is 1. The monoisotopic (exact) mass is 247 g/mol. The minimum absolute atomic E-state index is 0. The standard InChI is InChI=1S/C12H13.Zr/c1-2-5-10-8-9-11-6-3-4-7-12(10)11;/h3-10H,2H2,1H3;/q-1;. The van der Waals surface area contributed by atoms with Crippen molar-refractivity contribution in [1.82, 2.24) is 0 Å². The van der Waals surface area contributed by atoms with Gasteiger partial charge in [0.25, 0.3) is 0 Å². The number of hydrogen-bond acceptors (Lipinski definition) is 0. The van der Waals surface area contributed by atoms with Crippen LogP contribution in [0.3, 0.4) is 0 Å². The molecular formula is C12H13Zr-. The van der Waals surface area contributed by atoms with Crippen molar-refractivity contribution in [3.8, 4) is 0 Å². The van der Waals surface area contributed by atoms with E-state index < -0.39 is 0 Å². The molecular weight excluding hydrogens is 235 g/mol. The molecule has 0 heterocycles. The fraction of sp³-hybridized carbons (Fsp3) is 0.250. The first kappa shape index (κ1) is 10.9. The molecule has 66 valence electrons. The van der Waals surface area contributed by atoms with Gasteiger partial charge in [0.2, 0.25) is 0 Å². The topological polar surface area (TPSA) is 0 Å². The summed E-state index contributed by atoms with van der Waals surface area (Å²) in [4.78, 5) is 0. The van der Waals surface area contributed by atoms with Crippen molar-refractivity contribution in [1.29, 1.82) is 0 Å². The fourth-order valence-corrected chi connectivity index (χ4v) is 1.74. The average molecular weight is 248 g/mol. The smallest absolute Gasteiger partial charge is 0 e. The van der Waals surface area contributed by atoms with Crippen molar-refractivity contribution in [3.63, 3.8) is 0 Å². The van der Waals surface area contributed by atoms with Crippen molar-refractivity contribution < 1.29 is 26.2 Å². The molecule has 0 aromatic heterocycles. The largest absolute Gasteiger partial charge is 0.318 e. The van der Waals surface area contributed by atoms with Gasteiger partial charge in [0.1, 0.15) is 0 Å². The molecule has 0 saturated carbocycles. The van der Waals surface area contributed by atoms with Crippen molar-refractivity contribution in [2.45, 2.75) is 19.3 Å². The molecule has 0 aliphatic heterocycles. The molecule has 0 amide bonds. The van der Waals surface area contributed by atoms with Crippen LogP contribution in [0.25, 0.3) is 6.08 Å². The number of allylic oxidation sites excluding steroid dienone is 1. The van der Waals surface area contributed by atoms with E-state index in [0.717, 1.165) is 6.42 Å². The molecule has 1 atom stereocenters. The number of hydrogen-bond donors (Lipinski definition) is 0. The minimum atomic E-state index is 0. The molecule has 0 bridgehead atoms. The molecule has 1 aliphatic carbocycles. The molecule has 2 rings (SSSR count). The van der Waals surface area contributed by atoms with Gasteiger partial charge in [-0.2, -0.15) is 6.42 Å². The van der Waals surface area contributed by atoms with Gasteiger partial charge in [-0.05, 0) is 5.56 Å². The first-order valence-electron chi connectivity index (χ1n) is 4.52. The Bertz CT molecular complexity index is 302. The third kappa shape index (κ3) is 2.20. The normalized spacial score (nSPS) is 18.1. The molecule has 0 N–H and O–H groups in total. The Morgan fingerprint density at radius 1 is 1.31 bits per heavy atom. The van der Waals surface area contributed by atoms with Crippen LogP contribution in [-0.2, 0) is 26.2 Å². The van der Waals surface area contributed by atoms with Crippen molar-refractivity contribution in [3.05, 3.63) is 47.9 Å². The maximum atomic E-state index is 2.35. The van der Waals surface area contributed by atoms with E-state index in [2.05, 4.69) is 49.8 Å². The Morgan fingerprint density at radius 3 is 2.85 bits per heavy atom. The van der Waals surface area contributed by atoms with Gasteiger partial charge in [0.15, 0.2) is 0 Å². The summed E-state index contributed by atoms with van der Waals surface area (Å²) in [5.41, 5.74) is 2.84. The summed E-state index contributed by atoms with van der Waals surface area (Å²) in [5.74, 6) is 0.561. The minimum Gasteiger partial charge on any atom is -0.318 e. The maximum Gasteiger partial charge on any atom is 0 e. The van der Waals surface area contributed by atoms with E-state index in [4.69, 9.17) is 0 Å². The SMILES string of the molecule is CC[CH-]C1C=Cc2ccccc21.[Zr]. The zero-order chi connectivity index (χ0) is 8.39. The zero-order valence-corrected chi connectivity index (χ0v) is 10.3. The summed E-state index contributed by atoms with van der Waals surface area (Å²) in [6, 6.07) is 8.60. The first-order valence-corrected chi connectivity index (χ1v) is 4.52. The molecule has 0 spiro atoms. The quantitative estimate of drug-likeness (QED) is 0.704. The van der Waals surface area contributed by atoms with E-state index >= 15 is 0 Å². The van der Waals surface area contributed by atoms with Crippen LogP contribution in [0.4, 0.5) is 0 Å². The molecule has 0 nitrogen and oxygen atoms in total. The van der Waals surface area contributed by atoms with E-state index in [1.807, 2.05) is 0 Å². The summed E-state index contributed by atoms with van der Waals surface area (Å²) < 4.78 is 0. The van der Waals surface area contributed by atoms with E-state index in [-0.39, 0.29) is 26.2 Å². The Hall–Kier alpha value is -0.157. The van der Waals surface area contributed by atoms with Crippen LogP contribution < -0.4 is 0 Å². The van der Waals surface area contributed by atoms with Gasteiger partial charge in [-0.25, -0.2) is 0 Å². The van der Waals surface area contributed by atoms with Gasteiger partial charge < -0.3 is 6.42 Å². The molecule has 0 fully saturated rings. The Morgan fingerprint density at radius 2 is 2.08 bits per heavy atom. The predicted molar refractivity (Wildman–Crippen MR) is 52.8 cm³/mol. The van der Waals surface area contributed by atoms with Gasteiger partial charge >= 0.3 is 0 Å². The molecule has 1 heteroatoms.